The molecule has 0 radical (unpaired) electrons. The molecule has 0 aromatic rings. The van der Waals surface area contributed by atoms with Crippen LogP contribution in [0.25, 0.3) is 0 Å². The van der Waals surface area contributed by atoms with E-state index in [9.17, 15) is 0 Å². The zero-order valence-electron chi connectivity index (χ0n) is 12.5. The topological polar surface area (TPSA) is 12.0 Å². The Kier molecular flexibility index (Phi) is 3.60. The molecule has 17 heavy (non-hydrogen) atoms. The third kappa shape index (κ3) is 3.71. The molecular formula is C16H31N. The molecule has 0 heterocycles. The zero-order chi connectivity index (χ0) is 12.7. The summed E-state index contributed by atoms with van der Waals surface area (Å²) in [6, 6.07) is 1.56. The Hall–Kier alpha value is -0.0400. The summed E-state index contributed by atoms with van der Waals surface area (Å²) in [6.45, 7) is 12.1. The van der Waals surface area contributed by atoms with Crippen LogP contribution in [-0.2, 0) is 0 Å². The second kappa shape index (κ2) is 4.57. The van der Waals surface area contributed by atoms with Gasteiger partial charge in [0.1, 0.15) is 0 Å². The van der Waals surface area contributed by atoms with Crippen molar-refractivity contribution in [2.45, 2.75) is 85.2 Å². The molecule has 3 unspecified atom stereocenters. The highest BCUT2D eigenvalue weighted by Gasteiger charge is 2.36. The first-order valence-corrected chi connectivity index (χ1v) is 7.52. The average Bonchev–Trinajstić information content (AvgIpc) is 2.41. The van der Waals surface area contributed by atoms with Gasteiger partial charge in [-0.3, -0.25) is 0 Å². The average molecular weight is 237 g/mol. The molecule has 0 aromatic heterocycles. The van der Waals surface area contributed by atoms with Crippen molar-refractivity contribution in [3.63, 3.8) is 0 Å². The van der Waals surface area contributed by atoms with Crippen molar-refractivity contribution >= 4 is 0 Å². The minimum atomic E-state index is 0.545. The molecule has 0 saturated heterocycles. The van der Waals surface area contributed by atoms with Crippen LogP contribution in [0.5, 0.6) is 0 Å². The molecule has 2 aliphatic carbocycles. The minimum Gasteiger partial charge on any atom is -0.311 e. The van der Waals surface area contributed by atoms with Gasteiger partial charge >= 0.3 is 0 Å². The molecular weight excluding hydrogens is 206 g/mol. The van der Waals surface area contributed by atoms with Crippen molar-refractivity contribution in [3.05, 3.63) is 0 Å². The first-order valence-electron chi connectivity index (χ1n) is 7.52. The molecule has 2 aliphatic rings. The standard InChI is InChI=1S/C16H31N/c1-12-8-14(11-16(4,5)9-12)17-13-6-7-15(2,3)10-13/h12-14,17H,6-11H2,1-5H3. The van der Waals surface area contributed by atoms with Gasteiger partial charge in [-0.05, 0) is 55.3 Å². The van der Waals surface area contributed by atoms with Gasteiger partial charge in [-0.15, -0.1) is 0 Å². The number of nitrogens with one attached hydrogen (secondary N) is 1. The van der Waals surface area contributed by atoms with Crippen molar-refractivity contribution < 1.29 is 0 Å². The third-order valence-electron chi connectivity index (χ3n) is 4.83. The van der Waals surface area contributed by atoms with E-state index in [1.807, 2.05) is 0 Å². The lowest BCUT2D eigenvalue weighted by molar-refractivity contribution is 0.143. The van der Waals surface area contributed by atoms with E-state index in [1.54, 1.807) is 0 Å². The fourth-order valence-corrected chi connectivity index (χ4v) is 4.38. The van der Waals surface area contributed by atoms with Crippen LogP contribution in [0.1, 0.15) is 73.1 Å². The Labute approximate surface area is 108 Å². The molecule has 0 aliphatic heterocycles. The van der Waals surface area contributed by atoms with E-state index in [0.29, 0.717) is 10.8 Å². The van der Waals surface area contributed by atoms with Crippen LogP contribution in [0.15, 0.2) is 0 Å². The zero-order valence-corrected chi connectivity index (χ0v) is 12.5. The summed E-state index contributed by atoms with van der Waals surface area (Å²) in [4.78, 5) is 0. The Balaban J connectivity index is 1.87. The van der Waals surface area contributed by atoms with Crippen LogP contribution in [0.4, 0.5) is 0 Å². The summed E-state index contributed by atoms with van der Waals surface area (Å²) in [5, 5.41) is 3.96. The summed E-state index contributed by atoms with van der Waals surface area (Å²) < 4.78 is 0. The Morgan fingerprint density at radius 1 is 0.882 bits per heavy atom. The molecule has 0 aromatic carbocycles. The molecule has 0 spiro atoms. The van der Waals surface area contributed by atoms with E-state index in [0.717, 1.165) is 18.0 Å². The molecule has 100 valence electrons. The summed E-state index contributed by atoms with van der Waals surface area (Å²) in [6.07, 6.45) is 8.32. The second-order valence-corrected chi connectivity index (χ2v) is 8.38. The molecule has 1 nitrogen and oxygen atoms in total. The van der Waals surface area contributed by atoms with Crippen molar-refractivity contribution in [2.75, 3.05) is 0 Å². The third-order valence-corrected chi connectivity index (χ3v) is 4.83. The Morgan fingerprint density at radius 2 is 1.53 bits per heavy atom. The summed E-state index contributed by atoms with van der Waals surface area (Å²) in [5.74, 6) is 0.894. The van der Waals surface area contributed by atoms with Crippen LogP contribution < -0.4 is 5.32 Å². The van der Waals surface area contributed by atoms with Gasteiger partial charge in [0.25, 0.3) is 0 Å². The van der Waals surface area contributed by atoms with Crippen LogP contribution >= 0.6 is 0 Å². The van der Waals surface area contributed by atoms with E-state index in [2.05, 4.69) is 39.9 Å². The SMILES string of the molecule is CC1CC(NC2CCC(C)(C)C2)CC(C)(C)C1. The summed E-state index contributed by atoms with van der Waals surface area (Å²) in [5.41, 5.74) is 1.12. The maximum absolute atomic E-state index is 3.96. The normalized spacial score (nSPS) is 40.4. The molecule has 0 bridgehead atoms. The van der Waals surface area contributed by atoms with Gasteiger partial charge in [0.15, 0.2) is 0 Å². The van der Waals surface area contributed by atoms with Crippen molar-refractivity contribution in [3.8, 4) is 0 Å². The van der Waals surface area contributed by atoms with Crippen LogP contribution in [-0.4, -0.2) is 12.1 Å². The molecule has 3 atom stereocenters. The van der Waals surface area contributed by atoms with Crippen LogP contribution in [0.2, 0.25) is 0 Å². The maximum Gasteiger partial charge on any atom is 0.00772 e. The lowest BCUT2D eigenvalue weighted by atomic mass is 9.70. The molecule has 2 fully saturated rings. The predicted molar refractivity (Wildman–Crippen MR) is 75.1 cm³/mol. The van der Waals surface area contributed by atoms with Crippen LogP contribution in [0.3, 0.4) is 0 Å². The van der Waals surface area contributed by atoms with Crippen LogP contribution in [0, 0.1) is 16.7 Å². The number of hydrogen-bond acceptors (Lipinski definition) is 1. The molecule has 1 N–H and O–H groups in total. The fraction of sp³-hybridized carbons (Fsp3) is 1.00. The van der Waals surface area contributed by atoms with Gasteiger partial charge < -0.3 is 5.32 Å². The fourth-order valence-electron chi connectivity index (χ4n) is 4.38. The minimum absolute atomic E-state index is 0.545. The van der Waals surface area contributed by atoms with E-state index < -0.39 is 0 Å². The van der Waals surface area contributed by atoms with Crippen molar-refractivity contribution in [1.29, 1.82) is 0 Å². The van der Waals surface area contributed by atoms with E-state index in [1.165, 1.54) is 38.5 Å². The highest BCUT2D eigenvalue weighted by Crippen LogP contribution is 2.41. The van der Waals surface area contributed by atoms with E-state index in [4.69, 9.17) is 0 Å². The Morgan fingerprint density at radius 3 is 2.06 bits per heavy atom. The Bertz CT molecular complexity index is 267. The monoisotopic (exact) mass is 237 g/mol. The van der Waals surface area contributed by atoms with Gasteiger partial charge in [0.05, 0.1) is 0 Å². The second-order valence-electron chi connectivity index (χ2n) is 8.38. The summed E-state index contributed by atoms with van der Waals surface area (Å²) >= 11 is 0. The predicted octanol–water partition coefficient (Wildman–Crippen LogP) is 4.37. The smallest absolute Gasteiger partial charge is 0.00772 e. The van der Waals surface area contributed by atoms with Crippen molar-refractivity contribution in [1.82, 2.24) is 5.32 Å². The van der Waals surface area contributed by atoms with E-state index >= 15 is 0 Å². The highest BCUT2D eigenvalue weighted by atomic mass is 15.0. The lowest BCUT2D eigenvalue weighted by Crippen LogP contribution is -2.44. The van der Waals surface area contributed by atoms with Gasteiger partial charge in [-0.2, -0.15) is 0 Å². The molecule has 2 saturated carbocycles. The quantitative estimate of drug-likeness (QED) is 0.752. The van der Waals surface area contributed by atoms with Crippen molar-refractivity contribution in [2.24, 2.45) is 16.7 Å². The molecule has 2 rings (SSSR count). The van der Waals surface area contributed by atoms with Gasteiger partial charge in [-0.25, -0.2) is 0 Å². The van der Waals surface area contributed by atoms with E-state index in [-0.39, 0.29) is 0 Å². The number of hydrogen-bond donors (Lipinski definition) is 1. The number of rotatable bonds is 2. The largest absolute Gasteiger partial charge is 0.311 e. The molecule has 1 heteroatoms. The van der Waals surface area contributed by atoms with Gasteiger partial charge in [0, 0.05) is 12.1 Å². The highest BCUT2D eigenvalue weighted by molar-refractivity contribution is 4.92. The first-order chi connectivity index (χ1) is 7.76. The maximum atomic E-state index is 3.96. The lowest BCUT2D eigenvalue weighted by Gasteiger charge is -2.40. The molecule has 0 amide bonds. The summed E-state index contributed by atoms with van der Waals surface area (Å²) in [7, 11) is 0. The van der Waals surface area contributed by atoms with Gasteiger partial charge in [-0.1, -0.05) is 34.6 Å². The first kappa shape index (κ1) is 13.4. The van der Waals surface area contributed by atoms with Gasteiger partial charge in [0.2, 0.25) is 0 Å².